The van der Waals surface area contributed by atoms with Crippen LogP contribution in [0.25, 0.3) is 0 Å². The Balaban J connectivity index is 1.46. The summed E-state index contributed by atoms with van der Waals surface area (Å²) in [7, 11) is 2.15. The molecule has 2 saturated heterocycles. The molecule has 0 spiro atoms. The molecule has 1 unspecified atom stereocenters. The lowest BCUT2D eigenvalue weighted by molar-refractivity contribution is -0.136. The number of nitrogens with zero attached hydrogens (tertiary/aromatic N) is 2. The van der Waals surface area contributed by atoms with E-state index in [0.717, 1.165) is 44.6 Å². The third-order valence-electron chi connectivity index (χ3n) is 5.38. The zero-order valence-electron chi connectivity index (χ0n) is 14.3. The molecule has 3 rings (SSSR count). The quantitative estimate of drug-likeness (QED) is 0.856. The maximum Gasteiger partial charge on any atom is 0.225 e. The van der Waals surface area contributed by atoms with E-state index in [4.69, 9.17) is 4.74 Å². The molecule has 3 atom stereocenters. The van der Waals surface area contributed by atoms with E-state index in [1.807, 2.05) is 30.3 Å². The monoisotopic (exact) mass is 316 g/mol. The van der Waals surface area contributed by atoms with Crippen LogP contribution in [0.15, 0.2) is 30.3 Å². The number of ether oxygens (including phenoxy) is 1. The van der Waals surface area contributed by atoms with Gasteiger partial charge in [0.15, 0.2) is 0 Å². The van der Waals surface area contributed by atoms with Crippen LogP contribution >= 0.6 is 0 Å². The van der Waals surface area contributed by atoms with Crippen LogP contribution in [-0.4, -0.2) is 55.0 Å². The van der Waals surface area contributed by atoms with Gasteiger partial charge in [0.1, 0.15) is 5.75 Å². The molecule has 2 fully saturated rings. The van der Waals surface area contributed by atoms with Crippen LogP contribution in [0.3, 0.4) is 0 Å². The smallest absolute Gasteiger partial charge is 0.225 e. The van der Waals surface area contributed by atoms with Gasteiger partial charge in [-0.25, -0.2) is 0 Å². The van der Waals surface area contributed by atoms with Gasteiger partial charge in [0.05, 0.1) is 6.61 Å². The summed E-state index contributed by atoms with van der Waals surface area (Å²) in [6, 6.07) is 10.4. The van der Waals surface area contributed by atoms with E-state index < -0.39 is 0 Å². The van der Waals surface area contributed by atoms with E-state index in [9.17, 15) is 4.79 Å². The molecular formula is C19H28N2O2. The molecule has 4 nitrogen and oxygen atoms in total. The summed E-state index contributed by atoms with van der Waals surface area (Å²) in [4.78, 5) is 17.2. The zero-order valence-corrected chi connectivity index (χ0v) is 14.3. The molecule has 0 bridgehead atoms. The molecule has 126 valence electrons. The van der Waals surface area contributed by atoms with Gasteiger partial charge in [-0.1, -0.05) is 18.2 Å². The van der Waals surface area contributed by atoms with Crippen LogP contribution in [0, 0.1) is 11.8 Å². The van der Waals surface area contributed by atoms with E-state index in [1.54, 1.807) is 0 Å². The molecule has 2 aliphatic heterocycles. The minimum Gasteiger partial charge on any atom is -0.493 e. The number of benzene rings is 1. The van der Waals surface area contributed by atoms with Crippen molar-refractivity contribution in [2.45, 2.75) is 32.2 Å². The lowest BCUT2D eigenvalue weighted by Gasteiger charge is -2.35. The second kappa shape index (κ2) is 7.35. The van der Waals surface area contributed by atoms with Crippen molar-refractivity contribution in [1.29, 1.82) is 0 Å². The molecular weight excluding hydrogens is 288 g/mol. The van der Waals surface area contributed by atoms with Crippen molar-refractivity contribution < 1.29 is 9.53 Å². The summed E-state index contributed by atoms with van der Waals surface area (Å²) in [6.07, 6.45) is 3.05. The van der Waals surface area contributed by atoms with Gasteiger partial charge in [0.2, 0.25) is 5.91 Å². The summed E-state index contributed by atoms with van der Waals surface area (Å²) in [6.45, 7) is 5.71. The van der Waals surface area contributed by atoms with Crippen LogP contribution in [0.1, 0.15) is 26.2 Å². The predicted octanol–water partition coefficient (Wildman–Crippen LogP) is 2.64. The Morgan fingerprint density at radius 2 is 2.00 bits per heavy atom. The Labute approximate surface area is 139 Å². The first-order chi connectivity index (χ1) is 11.1. The van der Waals surface area contributed by atoms with Gasteiger partial charge in [0.25, 0.3) is 0 Å². The first-order valence-electron chi connectivity index (χ1n) is 8.80. The fraction of sp³-hybridized carbons (Fsp3) is 0.632. The Morgan fingerprint density at radius 1 is 1.22 bits per heavy atom. The topological polar surface area (TPSA) is 32.8 Å². The van der Waals surface area contributed by atoms with Gasteiger partial charge >= 0.3 is 0 Å². The average molecular weight is 316 g/mol. The molecule has 1 aromatic carbocycles. The second-order valence-electron chi connectivity index (χ2n) is 7.11. The first kappa shape index (κ1) is 16.3. The third-order valence-corrected chi connectivity index (χ3v) is 5.38. The van der Waals surface area contributed by atoms with Crippen LogP contribution in [0.2, 0.25) is 0 Å². The van der Waals surface area contributed by atoms with Gasteiger partial charge < -0.3 is 14.5 Å². The highest BCUT2D eigenvalue weighted by molar-refractivity contribution is 5.79. The number of carbonyl (C=O) groups excluding carboxylic acids is 1. The molecule has 0 aromatic heterocycles. The highest BCUT2D eigenvalue weighted by Gasteiger charge is 2.34. The molecule has 0 aliphatic carbocycles. The van der Waals surface area contributed by atoms with Crippen LogP contribution < -0.4 is 4.74 Å². The number of para-hydroxylation sites is 1. The number of rotatable bonds is 4. The van der Waals surface area contributed by atoms with E-state index in [1.165, 1.54) is 0 Å². The van der Waals surface area contributed by atoms with Crippen molar-refractivity contribution >= 4 is 5.91 Å². The van der Waals surface area contributed by atoms with E-state index >= 15 is 0 Å². The number of likely N-dealkylation sites (tertiary alicyclic amines) is 2. The zero-order chi connectivity index (χ0) is 16.2. The largest absolute Gasteiger partial charge is 0.493 e. The molecule has 2 heterocycles. The SMILES string of the molecule is C[C@@H]1C[C@H](C(=O)N2CCC(COc3ccccc3)C2)CCN1C. The normalized spacial score (nSPS) is 28.8. The lowest BCUT2D eigenvalue weighted by Crippen LogP contribution is -2.44. The summed E-state index contributed by atoms with van der Waals surface area (Å²) < 4.78 is 5.85. The number of hydrogen-bond acceptors (Lipinski definition) is 3. The fourth-order valence-electron chi connectivity index (χ4n) is 3.67. The Bertz CT molecular complexity index is 519. The predicted molar refractivity (Wildman–Crippen MR) is 91.4 cm³/mol. The fourth-order valence-corrected chi connectivity index (χ4v) is 3.67. The highest BCUT2D eigenvalue weighted by atomic mass is 16.5. The molecule has 0 radical (unpaired) electrons. The molecule has 2 aliphatic rings. The van der Waals surface area contributed by atoms with Crippen molar-refractivity contribution in [1.82, 2.24) is 9.80 Å². The van der Waals surface area contributed by atoms with Crippen molar-refractivity contribution in [2.24, 2.45) is 11.8 Å². The summed E-state index contributed by atoms with van der Waals surface area (Å²) in [5.74, 6) is 1.96. The van der Waals surface area contributed by atoms with Crippen molar-refractivity contribution in [3.8, 4) is 5.75 Å². The van der Waals surface area contributed by atoms with Crippen LogP contribution in [0.5, 0.6) is 5.75 Å². The third kappa shape index (κ3) is 4.05. The number of amides is 1. The number of piperidine rings is 1. The molecule has 1 aromatic rings. The van der Waals surface area contributed by atoms with Gasteiger partial charge in [-0.2, -0.15) is 0 Å². The maximum absolute atomic E-state index is 12.7. The number of carbonyl (C=O) groups is 1. The van der Waals surface area contributed by atoms with Crippen LogP contribution in [0.4, 0.5) is 0 Å². The Morgan fingerprint density at radius 3 is 2.74 bits per heavy atom. The standard InChI is InChI=1S/C19H28N2O2/c1-15-12-17(9-10-20(15)2)19(22)21-11-8-16(13-21)14-23-18-6-4-3-5-7-18/h3-7,15-17H,8-14H2,1-2H3/t15-,16?,17-/m1/s1. The van der Waals surface area contributed by atoms with Crippen molar-refractivity contribution in [2.75, 3.05) is 33.3 Å². The van der Waals surface area contributed by atoms with E-state index in [-0.39, 0.29) is 5.92 Å². The van der Waals surface area contributed by atoms with Gasteiger partial charge in [0, 0.05) is 31.0 Å². The van der Waals surface area contributed by atoms with Crippen LogP contribution in [-0.2, 0) is 4.79 Å². The Hall–Kier alpha value is -1.55. The molecule has 0 N–H and O–H groups in total. The minimum absolute atomic E-state index is 0.218. The molecule has 23 heavy (non-hydrogen) atoms. The summed E-state index contributed by atoms with van der Waals surface area (Å²) >= 11 is 0. The van der Waals surface area contributed by atoms with Gasteiger partial charge in [-0.05, 0) is 51.9 Å². The lowest BCUT2D eigenvalue weighted by atomic mass is 9.91. The molecule has 0 saturated carbocycles. The minimum atomic E-state index is 0.218. The second-order valence-corrected chi connectivity index (χ2v) is 7.11. The van der Waals surface area contributed by atoms with E-state index in [0.29, 0.717) is 24.5 Å². The van der Waals surface area contributed by atoms with Crippen molar-refractivity contribution in [3.63, 3.8) is 0 Å². The summed E-state index contributed by atoms with van der Waals surface area (Å²) in [5.41, 5.74) is 0. The molecule has 4 heteroatoms. The van der Waals surface area contributed by atoms with E-state index in [2.05, 4.69) is 23.8 Å². The van der Waals surface area contributed by atoms with Gasteiger partial charge in [-0.15, -0.1) is 0 Å². The first-order valence-corrected chi connectivity index (χ1v) is 8.80. The Kier molecular flexibility index (Phi) is 5.21. The maximum atomic E-state index is 12.7. The average Bonchev–Trinajstić information content (AvgIpc) is 3.05. The summed E-state index contributed by atoms with van der Waals surface area (Å²) in [5, 5.41) is 0. The van der Waals surface area contributed by atoms with Gasteiger partial charge in [-0.3, -0.25) is 4.79 Å². The molecule has 1 amide bonds. The highest BCUT2D eigenvalue weighted by Crippen LogP contribution is 2.26. The number of hydrogen-bond donors (Lipinski definition) is 0. The van der Waals surface area contributed by atoms with Crippen molar-refractivity contribution in [3.05, 3.63) is 30.3 Å².